The smallest absolute Gasteiger partial charge is 0.309 e. The van der Waals surface area contributed by atoms with E-state index in [0.717, 1.165) is 38.5 Å². The minimum absolute atomic E-state index is 0.0960. The largest absolute Gasteiger partial charge is 0.465 e. The minimum atomic E-state index is -0.332. The van der Waals surface area contributed by atoms with Gasteiger partial charge in [0.15, 0.2) is 0 Å². The topological polar surface area (TPSA) is 59.1 Å². The zero-order valence-corrected chi connectivity index (χ0v) is 12.3. The van der Waals surface area contributed by atoms with Crippen molar-refractivity contribution in [1.82, 2.24) is 0 Å². The maximum absolute atomic E-state index is 12.1. The van der Waals surface area contributed by atoms with E-state index >= 15 is 0 Å². The third kappa shape index (κ3) is 3.17. The zero-order chi connectivity index (χ0) is 14.1. The van der Waals surface area contributed by atoms with Gasteiger partial charge in [-0.3, -0.25) is 4.79 Å². The minimum Gasteiger partial charge on any atom is -0.465 e. The Bertz CT molecular complexity index is 356. The number of epoxide rings is 1. The lowest BCUT2D eigenvalue weighted by atomic mass is 9.79. The molecule has 114 valence electrons. The second-order valence-electron chi connectivity index (χ2n) is 6.77. The summed E-state index contributed by atoms with van der Waals surface area (Å²) < 4.78 is 11.0. The zero-order valence-electron chi connectivity index (χ0n) is 12.3. The van der Waals surface area contributed by atoms with Gasteiger partial charge < -0.3 is 14.6 Å². The molecule has 0 aromatic rings. The van der Waals surface area contributed by atoms with Crippen LogP contribution >= 0.6 is 0 Å². The number of carbonyl (C=O) groups excluding carboxylic acids is 1. The number of carbonyl (C=O) groups is 1. The van der Waals surface area contributed by atoms with Gasteiger partial charge in [0, 0.05) is 0 Å². The van der Waals surface area contributed by atoms with Crippen molar-refractivity contribution in [2.75, 3.05) is 6.61 Å². The van der Waals surface area contributed by atoms with Crippen LogP contribution in [0.4, 0.5) is 0 Å². The van der Waals surface area contributed by atoms with Gasteiger partial charge in [0.05, 0.1) is 30.8 Å². The number of hydrogen-bond donors (Lipinski definition) is 1. The predicted octanol–water partition coefficient (Wildman–Crippen LogP) is 2.28. The summed E-state index contributed by atoms with van der Waals surface area (Å²) in [5.74, 6) is 0.639. The summed E-state index contributed by atoms with van der Waals surface area (Å²) in [7, 11) is 0. The lowest BCUT2D eigenvalue weighted by molar-refractivity contribution is -0.153. The molecule has 1 saturated heterocycles. The lowest BCUT2D eigenvalue weighted by Gasteiger charge is -2.31. The first kappa shape index (κ1) is 14.3. The average molecular weight is 282 g/mol. The van der Waals surface area contributed by atoms with Gasteiger partial charge in [0.1, 0.15) is 0 Å². The summed E-state index contributed by atoms with van der Waals surface area (Å²) in [4.78, 5) is 12.1. The van der Waals surface area contributed by atoms with Crippen LogP contribution in [0.3, 0.4) is 0 Å². The Balaban J connectivity index is 1.40. The van der Waals surface area contributed by atoms with Gasteiger partial charge in [-0.25, -0.2) is 0 Å². The number of aliphatic hydroxyl groups is 1. The summed E-state index contributed by atoms with van der Waals surface area (Å²) in [6.07, 6.45) is 7.27. The van der Waals surface area contributed by atoms with Gasteiger partial charge in [0.25, 0.3) is 0 Å². The van der Waals surface area contributed by atoms with E-state index in [1.807, 2.05) is 0 Å². The second kappa shape index (κ2) is 6.02. The fourth-order valence-electron chi connectivity index (χ4n) is 3.86. The van der Waals surface area contributed by atoms with Crippen LogP contribution in [0.5, 0.6) is 0 Å². The van der Waals surface area contributed by atoms with E-state index in [4.69, 9.17) is 9.47 Å². The second-order valence-corrected chi connectivity index (χ2v) is 6.77. The Morgan fingerprint density at radius 2 is 2.05 bits per heavy atom. The van der Waals surface area contributed by atoms with Crippen LogP contribution in [0, 0.1) is 17.8 Å². The number of rotatable bonds is 4. The molecule has 0 spiro atoms. The monoisotopic (exact) mass is 282 g/mol. The molecule has 1 N–H and O–H groups in total. The van der Waals surface area contributed by atoms with E-state index in [0.29, 0.717) is 37.1 Å². The van der Waals surface area contributed by atoms with Crippen LogP contribution in [0.2, 0.25) is 0 Å². The van der Waals surface area contributed by atoms with E-state index in [9.17, 15) is 9.90 Å². The molecule has 1 aliphatic heterocycles. The number of esters is 1. The molecule has 0 aromatic carbocycles. The Labute approximate surface area is 120 Å². The van der Waals surface area contributed by atoms with Crippen LogP contribution in [0.25, 0.3) is 0 Å². The third-order valence-corrected chi connectivity index (χ3v) is 5.39. The molecule has 3 fully saturated rings. The lowest BCUT2D eigenvalue weighted by Crippen LogP contribution is -2.34. The van der Waals surface area contributed by atoms with Crippen molar-refractivity contribution in [3.8, 4) is 0 Å². The molecule has 6 unspecified atom stereocenters. The molecule has 0 bridgehead atoms. The van der Waals surface area contributed by atoms with Crippen molar-refractivity contribution in [3.63, 3.8) is 0 Å². The maximum Gasteiger partial charge on any atom is 0.309 e. The highest BCUT2D eigenvalue weighted by Crippen LogP contribution is 2.39. The van der Waals surface area contributed by atoms with Gasteiger partial charge >= 0.3 is 5.97 Å². The molecule has 0 amide bonds. The molecular weight excluding hydrogens is 256 g/mol. The van der Waals surface area contributed by atoms with Crippen LogP contribution in [-0.2, 0) is 14.3 Å². The fourth-order valence-corrected chi connectivity index (χ4v) is 3.86. The first-order chi connectivity index (χ1) is 9.67. The summed E-state index contributed by atoms with van der Waals surface area (Å²) in [5.41, 5.74) is 0. The van der Waals surface area contributed by atoms with E-state index in [1.54, 1.807) is 0 Å². The van der Waals surface area contributed by atoms with Crippen molar-refractivity contribution >= 4 is 5.97 Å². The van der Waals surface area contributed by atoms with Crippen LogP contribution < -0.4 is 0 Å². The summed E-state index contributed by atoms with van der Waals surface area (Å²) in [5, 5.41) is 10.0. The van der Waals surface area contributed by atoms with Crippen LogP contribution in [0.15, 0.2) is 0 Å². The molecule has 3 aliphatic rings. The SMILES string of the molecule is CCC1CCC(C(=O)OCC2CCC3OC3C2)CC1O. The molecular formula is C16H26O4. The Morgan fingerprint density at radius 1 is 1.20 bits per heavy atom. The van der Waals surface area contributed by atoms with Gasteiger partial charge in [-0.15, -0.1) is 0 Å². The summed E-state index contributed by atoms with van der Waals surface area (Å²) in [6.45, 7) is 2.64. The van der Waals surface area contributed by atoms with E-state index in [-0.39, 0.29) is 18.0 Å². The van der Waals surface area contributed by atoms with E-state index in [2.05, 4.69) is 6.92 Å². The molecule has 4 nitrogen and oxygen atoms in total. The van der Waals surface area contributed by atoms with Crippen molar-refractivity contribution in [3.05, 3.63) is 0 Å². The van der Waals surface area contributed by atoms with Gasteiger partial charge in [-0.2, -0.15) is 0 Å². The molecule has 6 atom stereocenters. The molecule has 20 heavy (non-hydrogen) atoms. The maximum atomic E-state index is 12.1. The van der Waals surface area contributed by atoms with Crippen molar-refractivity contribution in [2.24, 2.45) is 17.8 Å². The molecule has 0 radical (unpaired) electrons. The first-order valence-electron chi connectivity index (χ1n) is 8.17. The standard InChI is InChI=1S/C16H26O4/c1-2-11-4-5-12(8-13(11)17)16(18)19-9-10-3-6-14-15(7-10)20-14/h10-15,17H,2-9H2,1H3. The molecule has 1 heterocycles. The highest BCUT2D eigenvalue weighted by molar-refractivity contribution is 5.72. The average Bonchev–Trinajstić information content (AvgIpc) is 3.23. The van der Waals surface area contributed by atoms with Crippen molar-refractivity contribution in [2.45, 2.75) is 70.2 Å². The van der Waals surface area contributed by atoms with Crippen molar-refractivity contribution < 1.29 is 19.4 Å². The molecule has 2 aliphatic carbocycles. The number of fused-ring (bicyclic) bond motifs is 1. The van der Waals surface area contributed by atoms with Gasteiger partial charge in [-0.05, 0) is 50.4 Å². The van der Waals surface area contributed by atoms with Gasteiger partial charge in [0.2, 0.25) is 0 Å². The summed E-state index contributed by atoms with van der Waals surface area (Å²) >= 11 is 0. The van der Waals surface area contributed by atoms with Crippen LogP contribution in [0.1, 0.15) is 51.9 Å². The van der Waals surface area contributed by atoms with E-state index in [1.165, 1.54) is 0 Å². The molecule has 3 rings (SSSR count). The number of aliphatic hydroxyl groups excluding tert-OH is 1. The third-order valence-electron chi connectivity index (χ3n) is 5.39. The molecule has 4 heteroatoms. The Kier molecular flexibility index (Phi) is 4.32. The quantitative estimate of drug-likeness (QED) is 0.635. The molecule has 0 aromatic heterocycles. The predicted molar refractivity (Wildman–Crippen MR) is 74.1 cm³/mol. The fraction of sp³-hybridized carbons (Fsp3) is 0.938. The Hall–Kier alpha value is -0.610. The summed E-state index contributed by atoms with van der Waals surface area (Å²) in [6, 6.07) is 0. The molecule has 2 saturated carbocycles. The normalized spacial score (nSPS) is 43.7. The number of hydrogen-bond acceptors (Lipinski definition) is 4. The highest BCUT2D eigenvalue weighted by Gasteiger charge is 2.44. The number of ether oxygens (including phenoxy) is 2. The first-order valence-corrected chi connectivity index (χ1v) is 8.17. The van der Waals surface area contributed by atoms with Crippen LogP contribution in [-0.4, -0.2) is 36.0 Å². The van der Waals surface area contributed by atoms with E-state index < -0.39 is 0 Å². The Morgan fingerprint density at radius 3 is 2.75 bits per heavy atom. The van der Waals surface area contributed by atoms with Crippen molar-refractivity contribution in [1.29, 1.82) is 0 Å². The van der Waals surface area contributed by atoms with Gasteiger partial charge in [-0.1, -0.05) is 13.3 Å². The highest BCUT2D eigenvalue weighted by atomic mass is 16.6.